The van der Waals surface area contributed by atoms with Gasteiger partial charge in [-0.2, -0.15) is 4.58 Å². The summed E-state index contributed by atoms with van der Waals surface area (Å²) >= 11 is 1.75. The van der Waals surface area contributed by atoms with E-state index in [1.807, 2.05) is 22.8 Å². The van der Waals surface area contributed by atoms with Crippen LogP contribution in [0.5, 0.6) is 0 Å². The van der Waals surface area contributed by atoms with Crippen molar-refractivity contribution in [2.24, 2.45) is 0 Å². The van der Waals surface area contributed by atoms with Gasteiger partial charge < -0.3 is 14.7 Å². The summed E-state index contributed by atoms with van der Waals surface area (Å²) in [6.45, 7) is 9.41. The number of ether oxygens (including phenoxy) is 1. The van der Waals surface area contributed by atoms with Crippen molar-refractivity contribution in [3.63, 3.8) is 0 Å². The number of aliphatic carboxylic acids is 1. The van der Waals surface area contributed by atoms with Gasteiger partial charge in [0, 0.05) is 33.3 Å². The Hall–Kier alpha value is -6.57. The average Bonchev–Trinajstić information content (AvgIpc) is 3.92. The van der Waals surface area contributed by atoms with Gasteiger partial charge in [0.25, 0.3) is 6.47 Å². The zero-order valence-electron chi connectivity index (χ0n) is 35.0. The number of allylic oxidation sites excluding steroid dienone is 6. The molecule has 0 amide bonds. The van der Waals surface area contributed by atoms with Crippen LogP contribution in [0.25, 0.3) is 32.3 Å². The molecule has 9 rings (SSSR count). The van der Waals surface area contributed by atoms with Crippen LogP contribution < -0.4 is 4.90 Å². The van der Waals surface area contributed by atoms with E-state index >= 15 is 0 Å². The zero-order valence-corrected chi connectivity index (χ0v) is 35.8. The highest BCUT2D eigenvalue weighted by Crippen LogP contribution is 2.52. The fraction of sp³-hybridized carbons (Fsp3) is 0.204. The van der Waals surface area contributed by atoms with E-state index < -0.39 is 16.8 Å². The maximum Gasteiger partial charge on any atom is 0.370 e. The van der Waals surface area contributed by atoms with Gasteiger partial charge in [-0.1, -0.05) is 135 Å². The van der Waals surface area contributed by atoms with E-state index in [2.05, 4.69) is 171 Å². The second kappa shape index (κ2) is 16.1. The third-order valence-corrected chi connectivity index (χ3v) is 13.7. The Balaban J connectivity index is 1.19. The molecule has 0 spiro atoms. The van der Waals surface area contributed by atoms with Crippen molar-refractivity contribution in [2.75, 3.05) is 18.2 Å². The first-order valence-electron chi connectivity index (χ1n) is 20.9. The molecule has 1 aromatic heterocycles. The molecule has 1 N–H and O–H groups in total. The van der Waals surface area contributed by atoms with Gasteiger partial charge in [-0.3, -0.25) is 4.79 Å². The number of carbonyl (C=O) groups excluding carboxylic acids is 1. The summed E-state index contributed by atoms with van der Waals surface area (Å²) in [5.74, 6) is -0.537. The molecule has 61 heavy (non-hydrogen) atoms. The number of fused-ring (bicyclic) bond motifs is 8. The first kappa shape index (κ1) is 39.9. The zero-order chi connectivity index (χ0) is 42.3. The first-order chi connectivity index (χ1) is 29.6. The predicted octanol–water partition coefficient (Wildman–Crippen LogP) is 12.2. The fourth-order valence-electron chi connectivity index (χ4n) is 10.00. The molecule has 6 aromatic carbocycles. The number of benzene rings is 6. The standard InChI is InChI=1S/C54H48N2O4S/c1-36(2)39-26-27-47-46(30-39)53(3,32-41-17-14-28-61-41)48(56(47)34-60-35-57)22-6-5-7-23-49-54(4,31-37-24-25-38-15-8-9-16-40(38)29-37)51-44-20-12-10-18-42(44)43-19-11-13-21-45(43)52(51)55(49)33-50(58)59/h5-30,35-36H,31-34H2,1-4H3/p+1. The van der Waals surface area contributed by atoms with Crippen LogP contribution in [0.15, 0.2) is 163 Å². The maximum atomic E-state index is 12.8. The third-order valence-electron chi connectivity index (χ3n) is 12.8. The SMILES string of the molecule is CC(C)c1ccc2c(c1)C(C)(Cc1cccs1)/C(=C/C=C/C=C/C1=[N+](CC(=O)O)c3c(c4ccccc4c4ccccc34)C1(C)Cc1ccc3ccccc3c1)N2COC=O. The number of anilines is 1. The lowest BCUT2D eigenvalue weighted by atomic mass is 9.72. The summed E-state index contributed by atoms with van der Waals surface area (Å²) in [6.07, 6.45) is 11.8. The number of carboxylic acids is 1. The normalized spacial score (nSPS) is 19.4. The number of hydrogen-bond acceptors (Lipinski definition) is 5. The molecule has 0 saturated heterocycles. The van der Waals surface area contributed by atoms with Crippen molar-refractivity contribution < 1.29 is 24.0 Å². The van der Waals surface area contributed by atoms with Gasteiger partial charge in [-0.25, -0.2) is 4.79 Å². The molecule has 2 unspecified atom stereocenters. The molecule has 0 bridgehead atoms. The molecule has 0 radical (unpaired) electrons. The van der Waals surface area contributed by atoms with Crippen LogP contribution in [0.4, 0.5) is 11.4 Å². The summed E-state index contributed by atoms with van der Waals surface area (Å²) in [5, 5.41) is 19.4. The number of rotatable bonds is 13. The minimum Gasteiger partial charge on any atom is -0.477 e. The number of carbonyl (C=O) groups is 2. The van der Waals surface area contributed by atoms with E-state index in [0.29, 0.717) is 18.8 Å². The molecule has 304 valence electrons. The summed E-state index contributed by atoms with van der Waals surface area (Å²) in [6, 6.07) is 42.9. The van der Waals surface area contributed by atoms with Crippen LogP contribution in [-0.4, -0.2) is 41.1 Å². The second-order valence-electron chi connectivity index (χ2n) is 17.0. The molecule has 2 aliphatic heterocycles. The molecule has 0 fully saturated rings. The van der Waals surface area contributed by atoms with Crippen LogP contribution in [0, 0.1) is 0 Å². The summed E-state index contributed by atoms with van der Waals surface area (Å²) in [7, 11) is 0. The Kier molecular flexibility index (Phi) is 10.5. The number of thiophene rings is 1. The minimum atomic E-state index is -0.895. The van der Waals surface area contributed by atoms with Crippen molar-refractivity contribution in [1.82, 2.24) is 0 Å². The van der Waals surface area contributed by atoms with E-state index in [9.17, 15) is 14.7 Å². The largest absolute Gasteiger partial charge is 0.477 e. The smallest absolute Gasteiger partial charge is 0.370 e. The second-order valence-corrected chi connectivity index (χ2v) is 18.0. The van der Waals surface area contributed by atoms with Gasteiger partial charge in [0.15, 0.2) is 12.4 Å². The van der Waals surface area contributed by atoms with Gasteiger partial charge in [-0.15, -0.1) is 11.3 Å². The molecule has 7 heteroatoms. The Morgan fingerprint density at radius 2 is 1.51 bits per heavy atom. The molecular formula is C54H49N2O4S+. The highest BCUT2D eigenvalue weighted by Gasteiger charge is 2.50. The minimum absolute atomic E-state index is 0.0996. The Bertz CT molecular complexity index is 2980. The highest BCUT2D eigenvalue weighted by atomic mass is 32.1. The average molecular weight is 822 g/mol. The van der Waals surface area contributed by atoms with E-state index in [4.69, 9.17) is 4.74 Å². The number of carboxylic acid groups (broad SMARTS) is 1. The van der Waals surface area contributed by atoms with Crippen LogP contribution in [0.2, 0.25) is 0 Å². The molecule has 2 atom stereocenters. The topological polar surface area (TPSA) is 69.8 Å². The highest BCUT2D eigenvalue weighted by molar-refractivity contribution is 7.09. The van der Waals surface area contributed by atoms with Crippen LogP contribution in [0.1, 0.15) is 60.7 Å². The van der Waals surface area contributed by atoms with Crippen molar-refractivity contribution in [2.45, 2.75) is 57.3 Å². The monoisotopic (exact) mass is 821 g/mol. The van der Waals surface area contributed by atoms with E-state index in [-0.39, 0.29) is 13.3 Å². The number of hydrogen-bond donors (Lipinski definition) is 1. The van der Waals surface area contributed by atoms with Gasteiger partial charge in [-0.05, 0) is 106 Å². The maximum absolute atomic E-state index is 12.8. The van der Waals surface area contributed by atoms with Gasteiger partial charge in [0.2, 0.25) is 12.2 Å². The molecule has 0 aliphatic carbocycles. The molecular weight excluding hydrogens is 773 g/mol. The first-order valence-corrected chi connectivity index (χ1v) is 21.8. The quantitative estimate of drug-likeness (QED) is 0.0543. The third kappa shape index (κ3) is 7.07. The molecule has 7 aromatic rings. The Morgan fingerprint density at radius 1 is 0.787 bits per heavy atom. The summed E-state index contributed by atoms with van der Waals surface area (Å²) < 4.78 is 7.48. The van der Waals surface area contributed by atoms with E-state index in [1.54, 1.807) is 11.3 Å². The van der Waals surface area contributed by atoms with Gasteiger partial charge in [0.1, 0.15) is 0 Å². The lowest BCUT2D eigenvalue weighted by molar-refractivity contribution is -0.426. The fourth-order valence-corrected chi connectivity index (χ4v) is 10.9. The summed E-state index contributed by atoms with van der Waals surface area (Å²) in [4.78, 5) is 27.8. The van der Waals surface area contributed by atoms with Crippen molar-refractivity contribution in [3.05, 3.63) is 190 Å². The molecule has 2 aliphatic rings. The van der Waals surface area contributed by atoms with Crippen molar-refractivity contribution in [1.29, 1.82) is 0 Å². The van der Waals surface area contributed by atoms with Crippen LogP contribution >= 0.6 is 11.3 Å². The van der Waals surface area contributed by atoms with Crippen molar-refractivity contribution in [3.8, 4) is 0 Å². The van der Waals surface area contributed by atoms with Crippen LogP contribution in [0.3, 0.4) is 0 Å². The lowest BCUT2D eigenvalue weighted by Crippen LogP contribution is -2.34. The van der Waals surface area contributed by atoms with Crippen molar-refractivity contribution >= 4 is 73.2 Å². The van der Waals surface area contributed by atoms with Gasteiger partial charge in [0.05, 0.1) is 10.8 Å². The molecule has 6 nitrogen and oxygen atoms in total. The van der Waals surface area contributed by atoms with Gasteiger partial charge >= 0.3 is 5.97 Å². The Labute approximate surface area is 361 Å². The lowest BCUT2D eigenvalue weighted by Gasteiger charge is -2.29. The molecule has 3 heterocycles. The predicted molar refractivity (Wildman–Crippen MR) is 251 cm³/mol. The summed E-state index contributed by atoms with van der Waals surface area (Å²) in [5.41, 5.74) is 7.75. The Morgan fingerprint density at radius 3 is 2.23 bits per heavy atom. The number of nitrogens with zero attached hydrogens (tertiary/aromatic N) is 2. The van der Waals surface area contributed by atoms with Crippen LogP contribution in [-0.2, 0) is 38.0 Å². The van der Waals surface area contributed by atoms with E-state index in [1.165, 1.54) is 32.3 Å². The molecule has 0 saturated carbocycles. The van der Waals surface area contributed by atoms with E-state index in [0.717, 1.165) is 56.3 Å².